The van der Waals surface area contributed by atoms with Crippen molar-refractivity contribution in [2.24, 2.45) is 4.99 Å². The number of hydrogen-bond donors (Lipinski definition) is 0. The van der Waals surface area contributed by atoms with Crippen LogP contribution in [0.3, 0.4) is 0 Å². The van der Waals surface area contributed by atoms with Crippen molar-refractivity contribution in [3.63, 3.8) is 0 Å². The maximum Gasteiger partial charge on any atom is 0.245 e. The van der Waals surface area contributed by atoms with Gasteiger partial charge in [0.1, 0.15) is 0 Å². The Bertz CT molecular complexity index is 701. The Morgan fingerprint density at radius 3 is 2.94 bits per heavy atom. The smallest absolute Gasteiger partial charge is 0.245 e. The molecule has 0 aliphatic rings. The van der Waals surface area contributed by atoms with Crippen molar-refractivity contribution in [1.82, 2.24) is 4.57 Å². The molecule has 0 spiro atoms. The molecule has 0 N–H and O–H groups in total. The summed E-state index contributed by atoms with van der Waals surface area (Å²) in [5.41, 5.74) is 2.31. The van der Waals surface area contributed by atoms with Gasteiger partial charge in [0, 0.05) is 6.92 Å². The van der Waals surface area contributed by atoms with Gasteiger partial charge in [-0.15, -0.1) is 6.42 Å². The lowest BCUT2D eigenvalue weighted by atomic mass is 10.2. The minimum Gasteiger partial charge on any atom is -0.305 e. The number of fused-ring (bicyclic) bond motifs is 1. The van der Waals surface area contributed by atoms with Crippen LogP contribution in [0.2, 0.25) is 0 Å². The van der Waals surface area contributed by atoms with Crippen LogP contribution in [0.25, 0.3) is 10.2 Å². The van der Waals surface area contributed by atoms with Gasteiger partial charge in [0.25, 0.3) is 0 Å². The van der Waals surface area contributed by atoms with Gasteiger partial charge in [-0.25, -0.2) is 0 Å². The number of nitrogens with zero attached hydrogens (tertiary/aromatic N) is 2. The molecule has 2 aromatic rings. The first kappa shape index (κ1) is 12.6. The summed E-state index contributed by atoms with van der Waals surface area (Å²) in [5.74, 6) is 2.40. The maximum atomic E-state index is 11.1. The number of aromatic nitrogens is 1. The second-order valence-corrected chi connectivity index (χ2v) is 4.97. The number of aryl methyl sites for hydroxylation is 1. The SMILES string of the molecule is C#CCn1c(=NC(C)=O)sc2cc(CC)ccc21. The van der Waals surface area contributed by atoms with Crippen molar-refractivity contribution in [3.05, 3.63) is 28.6 Å². The Morgan fingerprint density at radius 1 is 1.56 bits per heavy atom. The van der Waals surface area contributed by atoms with Crippen LogP contribution in [-0.4, -0.2) is 10.5 Å². The topological polar surface area (TPSA) is 34.4 Å². The zero-order valence-corrected chi connectivity index (χ0v) is 11.3. The summed E-state index contributed by atoms with van der Waals surface area (Å²) in [5, 5.41) is 0. The quantitative estimate of drug-likeness (QED) is 0.761. The molecular formula is C14H14N2OS. The summed E-state index contributed by atoms with van der Waals surface area (Å²) in [4.78, 5) is 15.8. The van der Waals surface area contributed by atoms with Gasteiger partial charge in [-0.05, 0) is 24.1 Å². The molecule has 1 amide bonds. The van der Waals surface area contributed by atoms with E-state index in [2.05, 4.69) is 30.0 Å². The Morgan fingerprint density at radius 2 is 2.33 bits per heavy atom. The molecule has 0 bridgehead atoms. The largest absolute Gasteiger partial charge is 0.305 e. The zero-order chi connectivity index (χ0) is 13.1. The van der Waals surface area contributed by atoms with Gasteiger partial charge >= 0.3 is 0 Å². The minimum atomic E-state index is -0.206. The molecular weight excluding hydrogens is 244 g/mol. The molecule has 3 nitrogen and oxygen atoms in total. The van der Waals surface area contributed by atoms with Crippen LogP contribution in [0.5, 0.6) is 0 Å². The van der Waals surface area contributed by atoms with E-state index in [0.29, 0.717) is 11.3 Å². The molecule has 18 heavy (non-hydrogen) atoms. The van der Waals surface area contributed by atoms with Gasteiger partial charge in [0.2, 0.25) is 5.91 Å². The molecule has 1 heterocycles. The van der Waals surface area contributed by atoms with E-state index in [9.17, 15) is 4.79 Å². The summed E-state index contributed by atoms with van der Waals surface area (Å²) in [7, 11) is 0. The van der Waals surface area contributed by atoms with Gasteiger partial charge in [0.15, 0.2) is 4.80 Å². The lowest BCUT2D eigenvalue weighted by molar-refractivity contribution is -0.116. The molecule has 0 fully saturated rings. The first-order valence-electron chi connectivity index (χ1n) is 5.76. The molecule has 0 unspecified atom stereocenters. The Balaban J connectivity index is 2.75. The van der Waals surface area contributed by atoms with Gasteiger partial charge < -0.3 is 4.57 Å². The van der Waals surface area contributed by atoms with Crippen molar-refractivity contribution >= 4 is 27.5 Å². The average molecular weight is 258 g/mol. The third kappa shape index (κ3) is 2.36. The Labute approximate surface area is 110 Å². The lowest BCUT2D eigenvalue weighted by Gasteiger charge is -2.00. The predicted molar refractivity (Wildman–Crippen MR) is 74.3 cm³/mol. The van der Waals surface area contributed by atoms with Crippen LogP contribution >= 0.6 is 11.3 Å². The van der Waals surface area contributed by atoms with Crippen LogP contribution in [0.15, 0.2) is 23.2 Å². The standard InChI is InChI=1S/C14H14N2OS/c1-4-8-16-12-7-6-11(5-2)9-13(12)18-14(16)15-10(3)17/h1,6-7,9H,5,8H2,2-3H3. The highest BCUT2D eigenvalue weighted by atomic mass is 32.1. The predicted octanol–water partition coefficient (Wildman–Crippen LogP) is 2.35. The normalized spacial score (nSPS) is 11.7. The highest BCUT2D eigenvalue weighted by molar-refractivity contribution is 7.16. The van der Waals surface area contributed by atoms with E-state index < -0.39 is 0 Å². The number of rotatable bonds is 2. The molecule has 0 aliphatic carbocycles. The third-order valence-electron chi connectivity index (χ3n) is 2.66. The second kappa shape index (κ2) is 5.19. The van der Waals surface area contributed by atoms with Crippen molar-refractivity contribution in [2.45, 2.75) is 26.8 Å². The number of thiazole rings is 1. The molecule has 4 heteroatoms. The van der Waals surface area contributed by atoms with Gasteiger partial charge in [-0.1, -0.05) is 30.2 Å². The fourth-order valence-corrected chi connectivity index (χ4v) is 2.94. The van der Waals surface area contributed by atoms with E-state index in [4.69, 9.17) is 6.42 Å². The highest BCUT2D eigenvalue weighted by Crippen LogP contribution is 2.19. The Hall–Kier alpha value is -1.86. The van der Waals surface area contributed by atoms with Crippen LogP contribution in [0.4, 0.5) is 0 Å². The van der Waals surface area contributed by atoms with Gasteiger partial charge in [0.05, 0.1) is 16.8 Å². The van der Waals surface area contributed by atoms with Crippen molar-refractivity contribution in [3.8, 4) is 12.3 Å². The van der Waals surface area contributed by atoms with E-state index in [1.165, 1.54) is 23.8 Å². The molecule has 1 aromatic heterocycles. The summed E-state index contributed by atoms with van der Waals surface area (Å²) < 4.78 is 3.02. The monoisotopic (exact) mass is 258 g/mol. The van der Waals surface area contributed by atoms with E-state index in [-0.39, 0.29) is 5.91 Å². The van der Waals surface area contributed by atoms with Crippen molar-refractivity contribution in [2.75, 3.05) is 0 Å². The fraction of sp³-hybridized carbons (Fsp3) is 0.286. The van der Waals surface area contributed by atoms with E-state index >= 15 is 0 Å². The number of benzene rings is 1. The summed E-state index contributed by atoms with van der Waals surface area (Å²) in [6.07, 6.45) is 6.36. The highest BCUT2D eigenvalue weighted by Gasteiger charge is 2.06. The first-order valence-corrected chi connectivity index (χ1v) is 6.58. The van der Waals surface area contributed by atoms with Crippen LogP contribution in [0, 0.1) is 12.3 Å². The minimum absolute atomic E-state index is 0.206. The van der Waals surface area contributed by atoms with Crippen molar-refractivity contribution in [1.29, 1.82) is 0 Å². The second-order valence-electron chi connectivity index (χ2n) is 3.96. The summed E-state index contributed by atoms with van der Waals surface area (Å²) >= 11 is 1.50. The number of carbonyl (C=O) groups excluding carboxylic acids is 1. The van der Waals surface area contributed by atoms with Gasteiger partial charge in [-0.3, -0.25) is 4.79 Å². The zero-order valence-electron chi connectivity index (χ0n) is 10.4. The summed E-state index contributed by atoms with van der Waals surface area (Å²) in [6.45, 7) is 3.99. The van der Waals surface area contributed by atoms with Crippen LogP contribution < -0.4 is 4.80 Å². The van der Waals surface area contributed by atoms with Crippen LogP contribution in [0.1, 0.15) is 19.4 Å². The van der Waals surface area contributed by atoms with Crippen LogP contribution in [-0.2, 0) is 17.8 Å². The van der Waals surface area contributed by atoms with E-state index in [1.54, 1.807) is 0 Å². The van der Waals surface area contributed by atoms with Gasteiger partial charge in [-0.2, -0.15) is 4.99 Å². The van der Waals surface area contributed by atoms with E-state index in [1.807, 2.05) is 10.6 Å². The molecule has 0 radical (unpaired) electrons. The number of amides is 1. The lowest BCUT2D eigenvalue weighted by Crippen LogP contribution is -2.15. The number of hydrogen-bond acceptors (Lipinski definition) is 2. The maximum absolute atomic E-state index is 11.1. The third-order valence-corrected chi connectivity index (χ3v) is 3.70. The Kier molecular flexibility index (Phi) is 3.63. The van der Waals surface area contributed by atoms with Crippen molar-refractivity contribution < 1.29 is 4.79 Å². The molecule has 2 rings (SSSR count). The van der Waals surface area contributed by atoms with E-state index in [0.717, 1.165) is 16.6 Å². The number of terminal acetylenes is 1. The molecule has 92 valence electrons. The molecule has 1 aromatic carbocycles. The first-order chi connectivity index (χ1) is 8.65. The molecule has 0 saturated heterocycles. The molecule has 0 atom stereocenters. The average Bonchev–Trinajstić information content (AvgIpc) is 2.66. The summed E-state index contributed by atoms with van der Waals surface area (Å²) in [6, 6.07) is 6.26. The number of carbonyl (C=O) groups is 1. The fourth-order valence-electron chi connectivity index (χ4n) is 1.80. The molecule has 0 aliphatic heterocycles. The molecule has 0 saturated carbocycles.